The first-order valence-electron chi connectivity index (χ1n) is 9.37. The van der Waals surface area contributed by atoms with Gasteiger partial charge in [-0.3, -0.25) is 4.79 Å². The zero-order valence-electron chi connectivity index (χ0n) is 16.2. The molecule has 154 valence electrons. The van der Waals surface area contributed by atoms with Gasteiger partial charge in [-0.2, -0.15) is 4.73 Å². The van der Waals surface area contributed by atoms with E-state index >= 15 is 0 Å². The molecule has 3 aromatic rings. The molecular formula is C22H20N2O5S. The summed E-state index contributed by atoms with van der Waals surface area (Å²) in [7, 11) is -3.25. The number of amides is 1. The Morgan fingerprint density at radius 3 is 2.50 bits per heavy atom. The van der Waals surface area contributed by atoms with Crippen LogP contribution in [0.5, 0.6) is 5.75 Å². The summed E-state index contributed by atoms with van der Waals surface area (Å²) in [6, 6.07) is 15.5. The van der Waals surface area contributed by atoms with Gasteiger partial charge < -0.3 is 15.3 Å². The molecule has 1 aliphatic rings. The average Bonchev–Trinajstić information content (AvgIpc) is 3.15. The number of fused-ring (bicyclic) bond motifs is 1. The maximum Gasteiger partial charge on any atom is 0.251 e. The van der Waals surface area contributed by atoms with Gasteiger partial charge in [0.05, 0.1) is 17.0 Å². The first-order chi connectivity index (χ1) is 14.3. The number of sulfone groups is 1. The molecule has 1 aliphatic heterocycles. The van der Waals surface area contributed by atoms with E-state index in [4.69, 9.17) is 4.74 Å². The number of ether oxygens (including phenoxy) is 1. The Balaban J connectivity index is 1.47. The Morgan fingerprint density at radius 2 is 1.83 bits per heavy atom. The van der Waals surface area contributed by atoms with Gasteiger partial charge in [-0.05, 0) is 23.3 Å². The zero-order valence-corrected chi connectivity index (χ0v) is 17.1. The Labute approximate surface area is 174 Å². The number of hydrogen-bond acceptors (Lipinski definition) is 5. The molecule has 8 heteroatoms. The van der Waals surface area contributed by atoms with Crippen molar-refractivity contribution in [3.05, 3.63) is 83.3 Å². The lowest BCUT2D eigenvalue weighted by atomic mass is 10.0. The predicted octanol–water partition coefficient (Wildman–Crippen LogP) is 2.12. The minimum Gasteiger partial charge on any atom is -0.619 e. The maximum atomic E-state index is 12.3. The summed E-state index contributed by atoms with van der Waals surface area (Å²) in [6.45, 7) is 0.326. The molecule has 0 radical (unpaired) electrons. The first-order valence-corrected chi connectivity index (χ1v) is 11.3. The van der Waals surface area contributed by atoms with E-state index in [0.29, 0.717) is 23.3 Å². The van der Waals surface area contributed by atoms with E-state index in [1.165, 1.54) is 30.8 Å². The Kier molecular flexibility index (Phi) is 5.17. The Bertz CT molecular complexity index is 1190. The normalized spacial score (nSPS) is 15.3. The van der Waals surface area contributed by atoms with Crippen LogP contribution in [0, 0.1) is 5.21 Å². The molecular weight excluding hydrogens is 404 g/mol. The Morgan fingerprint density at radius 1 is 1.13 bits per heavy atom. The smallest absolute Gasteiger partial charge is 0.251 e. The number of nitrogens with one attached hydrogen (secondary N) is 1. The molecule has 0 saturated carbocycles. The van der Waals surface area contributed by atoms with Crippen LogP contribution in [0.15, 0.2) is 71.9 Å². The second kappa shape index (κ2) is 7.79. The van der Waals surface area contributed by atoms with Crippen LogP contribution in [0.1, 0.15) is 15.9 Å². The van der Waals surface area contributed by atoms with Crippen molar-refractivity contribution in [2.45, 2.75) is 17.4 Å². The second-order valence-electron chi connectivity index (χ2n) is 7.19. The summed E-state index contributed by atoms with van der Waals surface area (Å²) in [5.41, 5.74) is 3.18. The summed E-state index contributed by atoms with van der Waals surface area (Å²) >= 11 is 0. The summed E-state index contributed by atoms with van der Waals surface area (Å²) in [4.78, 5) is 12.5. The third-order valence-electron chi connectivity index (χ3n) is 4.98. The third-order valence-corrected chi connectivity index (χ3v) is 6.11. The standard InChI is InChI=1S/C22H20N2O5S/c1-30(27,28)19-7-5-15(6-8-19)20-4-2-3-17-13-18(29-21(17)20)14-23-22(25)16-9-11-24(26)12-10-16/h2-12,18H,13-14H2,1H3,(H,23,25). The lowest BCUT2D eigenvalue weighted by molar-refractivity contribution is -0.605. The average molecular weight is 424 g/mol. The van der Waals surface area contributed by atoms with Crippen LogP contribution in [0.2, 0.25) is 0 Å². The second-order valence-corrected chi connectivity index (χ2v) is 9.21. The van der Waals surface area contributed by atoms with Crippen LogP contribution in [-0.4, -0.2) is 33.2 Å². The molecule has 1 unspecified atom stereocenters. The molecule has 7 nitrogen and oxygen atoms in total. The predicted molar refractivity (Wildman–Crippen MR) is 111 cm³/mol. The van der Waals surface area contributed by atoms with E-state index in [1.54, 1.807) is 24.3 Å². The van der Waals surface area contributed by atoms with Gasteiger partial charge in [-0.15, -0.1) is 0 Å². The van der Waals surface area contributed by atoms with Crippen LogP contribution >= 0.6 is 0 Å². The van der Waals surface area contributed by atoms with E-state index < -0.39 is 9.84 Å². The van der Waals surface area contributed by atoms with Crippen LogP contribution in [0.25, 0.3) is 11.1 Å². The van der Waals surface area contributed by atoms with E-state index in [2.05, 4.69) is 5.32 Å². The number of benzene rings is 2. The van der Waals surface area contributed by atoms with Crippen molar-refractivity contribution >= 4 is 15.7 Å². The number of aromatic nitrogens is 1. The number of carbonyl (C=O) groups is 1. The van der Waals surface area contributed by atoms with Gasteiger partial charge in [0, 0.05) is 30.4 Å². The minimum atomic E-state index is -3.25. The highest BCUT2D eigenvalue weighted by Gasteiger charge is 2.26. The molecule has 4 rings (SSSR count). The molecule has 30 heavy (non-hydrogen) atoms. The van der Waals surface area contributed by atoms with Crippen LogP contribution in [0.3, 0.4) is 0 Å². The first kappa shape index (κ1) is 19.9. The van der Waals surface area contributed by atoms with E-state index in [9.17, 15) is 18.4 Å². The summed E-state index contributed by atoms with van der Waals surface area (Å²) in [5.74, 6) is 0.475. The van der Waals surface area contributed by atoms with Crippen molar-refractivity contribution in [2.75, 3.05) is 12.8 Å². The topological polar surface area (TPSA) is 99.4 Å². The molecule has 0 bridgehead atoms. The molecule has 0 saturated heterocycles. The van der Waals surface area contributed by atoms with Crippen molar-refractivity contribution < 1.29 is 22.7 Å². The summed E-state index contributed by atoms with van der Waals surface area (Å²) in [5, 5.41) is 13.9. The highest BCUT2D eigenvalue weighted by atomic mass is 32.2. The van der Waals surface area contributed by atoms with Gasteiger partial charge >= 0.3 is 0 Å². The molecule has 1 amide bonds. The number of nitrogens with zero attached hydrogens (tertiary/aromatic N) is 1. The lowest BCUT2D eigenvalue weighted by Gasteiger charge is -2.14. The van der Waals surface area contributed by atoms with Crippen molar-refractivity contribution in [3.8, 4) is 16.9 Å². The van der Waals surface area contributed by atoms with Gasteiger partial charge in [-0.1, -0.05) is 30.3 Å². The van der Waals surface area contributed by atoms with Crippen LogP contribution in [0.4, 0.5) is 0 Å². The highest BCUT2D eigenvalue weighted by Crippen LogP contribution is 2.38. The molecule has 0 fully saturated rings. The summed E-state index contributed by atoms with van der Waals surface area (Å²) in [6.07, 6.45) is 4.17. The van der Waals surface area contributed by atoms with Crippen LogP contribution in [-0.2, 0) is 16.3 Å². The molecule has 2 heterocycles. The molecule has 1 atom stereocenters. The van der Waals surface area contributed by atoms with E-state index in [0.717, 1.165) is 22.4 Å². The van der Waals surface area contributed by atoms with Gasteiger partial charge in [0.2, 0.25) is 0 Å². The van der Waals surface area contributed by atoms with Crippen LogP contribution < -0.4 is 14.8 Å². The quantitative estimate of drug-likeness (QED) is 0.500. The highest BCUT2D eigenvalue weighted by molar-refractivity contribution is 7.90. The van der Waals surface area contributed by atoms with E-state index in [1.807, 2.05) is 18.2 Å². The molecule has 2 aromatic carbocycles. The summed E-state index contributed by atoms with van der Waals surface area (Å²) < 4.78 is 30.1. The van der Waals surface area contributed by atoms with Gasteiger partial charge in [0.25, 0.3) is 5.91 Å². The maximum absolute atomic E-state index is 12.3. The molecule has 0 spiro atoms. The van der Waals surface area contributed by atoms with E-state index in [-0.39, 0.29) is 16.9 Å². The molecule has 0 aliphatic carbocycles. The minimum absolute atomic E-state index is 0.214. The lowest BCUT2D eigenvalue weighted by Crippen LogP contribution is -2.35. The molecule has 1 N–H and O–H groups in total. The third kappa shape index (κ3) is 4.13. The van der Waals surface area contributed by atoms with Gasteiger partial charge in [-0.25, -0.2) is 8.42 Å². The largest absolute Gasteiger partial charge is 0.619 e. The number of rotatable bonds is 5. The van der Waals surface area contributed by atoms with Crippen molar-refractivity contribution in [1.29, 1.82) is 0 Å². The van der Waals surface area contributed by atoms with Crippen molar-refractivity contribution in [3.63, 3.8) is 0 Å². The number of carbonyl (C=O) groups excluding carboxylic acids is 1. The van der Waals surface area contributed by atoms with Gasteiger partial charge in [0.1, 0.15) is 11.9 Å². The van der Waals surface area contributed by atoms with Crippen molar-refractivity contribution in [2.24, 2.45) is 0 Å². The van der Waals surface area contributed by atoms with Crippen molar-refractivity contribution in [1.82, 2.24) is 5.32 Å². The number of pyridine rings is 1. The fourth-order valence-corrected chi connectivity index (χ4v) is 4.06. The Hall–Kier alpha value is -3.39. The van der Waals surface area contributed by atoms with Gasteiger partial charge in [0.15, 0.2) is 22.2 Å². The number of hydrogen-bond donors (Lipinski definition) is 1. The monoisotopic (exact) mass is 424 g/mol. The fraction of sp³-hybridized carbons (Fsp3) is 0.182. The zero-order chi connectivity index (χ0) is 21.3. The number of para-hydroxylation sites is 1. The SMILES string of the molecule is CS(=O)(=O)c1ccc(-c2cccc3c2OC(CNC(=O)c2cc[n+]([O-])cc2)C3)cc1. The fourth-order valence-electron chi connectivity index (χ4n) is 3.43. The molecule has 1 aromatic heterocycles.